The smallest absolute Gasteiger partial charge is 0.247 e. The van der Waals surface area contributed by atoms with Crippen molar-refractivity contribution in [3.05, 3.63) is 36.2 Å². The molecule has 1 amide bonds. The number of aromatic nitrogens is 2. The first-order valence-electron chi connectivity index (χ1n) is 9.80. The maximum Gasteiger partial charge on any atom is 0.247 e. The number of benzene rings is 1. The predicted octanol–water partition coefficient (Wildman–Crippen LogP) is 4.83. The van der Waals surface area contributed by atoms with E-state index in [4.69, 9.17) is 4.42 Å². The molecule has 5 heteroatoms. The highest BCUT2D eigenvalue weighted by Crippen LogP contribution is 2.28. The van der Waals surface area contributed by atoms with E-state index in [1.165, 1.54) is 32.1 Å². The Kier molecular flexibility index (Phi) is 6.42. The quantitative estimate of drug-likeness (QED) is 0.713. The number of nitrogens with zero attached hydrogens (tertiary/aromatic N) is 3. The SMILES string of the molecule is CC(C)N(Cc1nnc(-c2ccccc2)o1)C(=O)CCC1CCCCC1. The summed E-state index contributed by atoms with van der Waals surface area (Å²) in [5.74, 6) is 1.89. The summed E-state index contributed by atoms with van der Waals surface area (Å²) in [6, 6.07) is 9.82. The molecule has 2 aromatic rings. The van der Waals surface area contributed by atoms with Gasteiger partial charge in [0.1, 0.15) is 0 Å². The number of hydrogen-bond donors (Lipinski definition) is 0. The van der Waals surface area contributed by atoms with Crippen molar-refractivity contribution in [2.75, 3.05) is 0 Å². The Morgan fingerprint density at radius 1 is 1.15 bits per heavy atom. The molecule has 0 atom stereocenters. The Morgan fingerprint density at radius 3 is 2.58 bits per heavy atom. The summed E-state index contributed by atoms with van der Waals surface area (Å²) in [5, 5.41) is 8.26. The molecule has 0 saturated heterocycles. The van der Waals surface area contributed by atoms with Crippen molar-refractivity contribution in [1.29, 1.82) is 0 Å². The second-order valence-electron chi connectivity index (χ2n) is 7.53. The minimum absolute atomic E-state index is 0.112. The van der Waals surface area contributed by atoms with Gasteiger partial charge in [0.05, 0.1) is 6.54 Å². The summed E-state index contributed by atoms with van der Waals surface area (Å²) in [6.07, 6.45) is 8.15. The van der Waals surface area contributed by atoms with Gasteiger partial charge in [0.15, 0.2) is 0 Å². The third-order valence-corrected chi connectivity index (χ3v) is 5.23. The van der Waals surface area contributed by atoms with Crippen molar-refractivity contribution in [3.63, 3.8) is 0 Å². The molecule has 0 aliphatic heterocycles. The zero-order chi connectivity index (χ0) is 18.4. The van der Waals surface area contributed by atoms with Crippen LogP contribution >= 0.6 is 0 Å². The van der Waals surface area contributed by atoms with E-state index in [0.29, 0.717) is 24.7 Å². The molecule has 0 spiro atoms. The van der Waals surface area contributed by atoms with Gasteiger partial charge in [-0.05, 0) is 38.3 Å². The summed E-state index contributed by atoms with van der Waals surface area (Å²) >= 11 is 0. The van der Waals surface area contributed by atoms with Crippen molar-refractivity contribution < 1.29 is 9.21 Å². The zero-order valence-corrected chi connectivity index (χ0v) is 15.9. The lowest BCUT2D eigenvalue weighted by molar-refractivity contribution is -0.134. The van der Waals surface area contributed by atoms with Crippen LogP contribution in [0.4, 0.5) is 0 Å². The van der Waals surface area contributed by atoms with E-state index in [1.807, 2.05) is 49.1 Å². The lowest BCUT2D eigenvalue weighted by Gasteiger charge is -2.27. The first kappa shape index (κ1) is 18.6. The molecule has 140 valence electrons. The molecule has 1 aliphatic rings. The van der Waals surface area contributed by atoms with E-state index < -0.39 is 0 Å². The molecule has 0 unspecified atom stereocenters. The van der Waals surface area contributed by atoms with Crippen LogP contribution in [0.2, 0.25) is 0 Å². The molecule has 0 bridgehead atoms. The van der Waals surface area contributed by atoms with Crippen LogP contribution in [0.25, 0.3) is 11.5 Å². The summed E-state index contributed by atoms with van der Waals surface area (Å²) in [7, 11) is 0. The van der Waals surface area contributed by atoms with Crippen LogP contribution < -0.4 is 0 Å². The van der Waals surface area contributed by atoms with E-state index in [9.17, 15) is 4.79 Å². The highest BCUT2D eigenvalue weighted by atomic mass is 16.4. The average Bonchev–Trinajstić information content (AvgIpc) is 3.14. The Labute approximate surface area is 155 Å². The normalized spacial score (nSPS) is 15.3. The summed E-state index contributed by atoms with van der Waals surface area (Å²) in [5.41, 5.74) is 0.894. The topological polar surface area (TPSA) is 59.2 Å². The average molecular weight is 355 g/mol. The van der Waals surface area contributed by atoms with Gasteiger partial charge in [-0.2, -0.15) is 0 Å². The van der Waals surface area contributed by atoms with Gasteiger partial charge in [-0.3, -0.25) is 4.79 Å². The van der Waals surface area contributed by atoms with Crippen LogP contribution in [0.15, 0.2) is 34.7 Å². The van der Waals surface area contributed by atoms with E-state index in [1.54, 1.807) is 0 Å². The molecule has 1 aromatic heterocycles. The molecule has 1 fully saturated rings. The molecule has 1 aromatic carbocycles. The second-order valence-corrected chi connectivity index (χ2v) is 7.53. The number of carbonyl (C=O) groups excluding carboxylic acids is 1. The Hall–Kier alpha value is -2.17. The molecular formula is C21H29N3O2. The van der Waals surface area contributed by atoms with E-state index >= 15 is 0 Å². The third-order valence-electron chi connectivity index (χ3n) is 5.23. The molecule has 5 nitrogen and oxygen atoms in total. The van der Waals surface area contributed by atoms with Gasteiger partial charge >= 0.3 is 0 Å². The van der Waals surface area contributed by atoms with E-state index in [0.717, 1.165) is 17.9 Å². The fourth-order valence-corrected chi connectivity index (χ4v) is 3.67. The van der Waals surface area contributed by atoms with Crippen molar-refractivity contribution in [3.8, 4) is 11.5 Å². The lowest BCUT2D eigenvalue weighted by atomic mass is 9.86. The Bertz CT molecular complexity index is 690. The van der Waals surface area contributed by atoms with Gasteiger partial charge in [0.2, 0.25) is 17.7 Å². The minimum Gasteiger partial charge on any atom is -0.419 e. The molecule has 0 radical (unpaired) electrons. The Morgan fingerprint density at radius 2 is 1.88 bits per heavy atom. The van der Waals surface area contributed by atoms with Crippen molar-refractivity contribution in [2.24, 2.45) is 5.92 Å². The van der Waals surface area contributed by atoms with Crippen LogP contribution in [0.1, 0.15) is 64.7 Å². The van der Waals surface area contributed by atoms with Crippen LogP contribution in [-0.4, -0.2) is 27.0 Å². The van der Waals surface area contributed by atoms with Gasteiger partial charge in [-0.1, -0.05) is 50.3 Å². The summed E-state index contributed by atoms with van der Waals surface area (Å²) in [4.78, 5) is 14.6. The van der Waals surface area contributed by atoms with Crippen LogP contribution in [0, 0.1) is 5.92 Å². The van der Waals surface area contributed by atoms with Gasteiger partial charge in [-0.25, -0.2) is 0 Å². The number of carbonyl (C=O) groups is 1. The number of hydrogen-bond acceptors (Lipinski definition) is 4. The van der Waals surface area contributed by atoms with Gasteiger partial charge in [0, 0.05) is 18.0 Å². The summed E-state index contributed by atoms with van der Waals surface area (Å²) < 4.78 is 5.78. The standard InChI is InChI=1S/C21H29N3O2/c1-16(2)24(20(25)14-13-17-9-5-3-6-10-17)15-19-22-23-21(26-19)18-11-7-4-8-12-18/h4,7-8,11-12,16-17H,3,5-6,9-10,13-15H2,1-2H3. The first-order chi connectivity index (χ1) is 12.6. The fraction of sp³-hybridized carbons (Fsp3) is 0.571. The van der Waals surface area contributed by atoms with Crippen LogP contribution in [0.5, 0.6) is 0 Å². The predicted molar refractivity (Wildman–Crippen MR) is 101 cm³/mol. The monoisotopic (exact) mass is 355 g/mol. The highest BCUT2D eigenvalue weighted by molar-refractivity contribution is 5.76. The highest BCUT2D eigenvalue weighted by Gasteiger charge is 2.22. The third kappa shape index (κ3) is 4.93. The number of rotatable bonds is 7. The van der Waals surface area contributed by atoms with Crippen molar-refractivity contribution in [2.45, 2.75) is 71.4 Å². The van der Waals surface area contributed by atoms with E-state index in [2.05, 4.69) is 10.2 Å². The van der Waals surface area contributed by atoms with Gasteiger partial charge in [-0.15, -0.1) is 10.2 Å². The molecule has 0 N–H and O–H groups in total. The maximum absolute atomic E-state index is 12.7. The molecule has 1 aliphatic carbocycles. The van der Waals surface area contributed by atoms with E-state index in [-0.39, 0.29) is 11.9 Å². The summed E-state index contributed by atoms with van der Waals surface area (Å²) in [6.45, 7) is 4.45. The molecule has 1 heterocycles. The van der Waals surface area contributed by atoms with Crippen molar-refractivity contribution in [1.82, 2.24) is 15.1 Å². The molecule has 3 rings (SSSR count). The molecule has 26 heavy (non-hydrogen) atoms. The molecule has 1 saturated carbocycles. The van der Waals surface area contributed by atoms with Crippen molar-refractivity contribution >= 4 is 5.91 Å². The minimum atomic E-state index is 0.112. The lowest BCUT2D eigenvalue weighted by Crippen LogP contribution is -2.36. The van der Waals surface area contributed by atoms with Gasteiger partial charge in [0.25, 0.3) is 0 Å². The molecular weight excluding hydrogens is 326 g/mol. The first-order valence-corrected chi connectivity index (χ1v) is 9.80. The largest absolute Gasteiger partial charge is 0.419 e. The zero-order valence-electron chi connectivity index (χ0n) is 15.9. The fourth-order valence-electron chi connectivity index (χ4n) is 3.67. The van der Waals surface area contributed by atoms with Crippen LogP contribution in [-0.2, 0) is 11.3 Å². The van der Waals surface area contributed by atoms with Gasteiger partial charge < -0.3 is 9.32 Å². The number of amides is 1. The van der Waals surface area contributed by atoms with Crippen LogP contribution in [0.3, 0.4) is 0 Å². The maximum atomic E-state index is 12.7. The Balaban J connectivity index is 1.59. The second kappa shape index (κ2) is 8.97.